The summed E-state index contributed by atoms with van der Waals surface area (Å²) in [4.78, 5) is 14.2. The Morgan fingerprint density at radius 2 is 2.13 bits per heavy atom. The fourth-order valence-electron chi connectivity index (χ4n) is 2.69. The highest BCUT2D eigenvalue weighted by Gasteiger charge is 2.18. The number of halogens is 1. The summed E-state index contributed by atoms with van der Waals surface area (Å²) in [7, 11) is 0. The largest absolute Gasteiger partial charge is 0.382 e. The van der Waals surface area contributed by atoms with Gasteiger partial charge in [-0.2, -0.15) is 0 Å². The predicted octanol–water partition coefficient (Wildman–Crippen LogP) is 2.68. The molecule has 5 heteroatoms. The van der Waals surface area contributed by atoms with E-state index in [2.05, 4.69) is 15.5 Å². The van der Waals surface area contributed by atoms with Crippen molar-refractivity contribution < 1.29 is 9.18 Å². The summed E-state index contributed by atoms with van der Waals surface area (Å²) in [5.74, 6) is -0.310. The van der Waals surface area contributed by atoms with Crippen LogP contribution in [0.1, 0.15) is 11.1 Å². The van der Waals surface area contributed by atoms with Crippen molar-refractivity contribution in [2.24, 2.45) is 0 Å². The highest BCUT2D eigenvalue weighted by Crippen LogP contribution is 2.27. The highest BCUT2D eigenvalue weighted by atomic mass is 19.1. The number of hydrogen-bond donors (Lipinski definition) is 2. The van der Waals surface area contributed by atoms with Gasteiger partial charge in [-0.05, 0) is 36.2 Å². The van der Waals surface area contributed by atoms with Gasteiger partial charge in [-0.3, -0.25) is 4.79 Å². The number of anilines is 2. The normalized spacial score (nSPS) is 13.2. The van der Waals surface area contributed by atoms with Gasteiger partial charge in [-0.1, -0.05) is 24.3 Å². The lowest BCUT2D eigenvalue weighted by Gasteiger charge is -2.31. The van der Waals surface area contributed by atoms with Gasteiger partial charge in [0.1, 0.15) is 5.82 Å². The summed E-state index contributed by atoms with van der Waals surface area (Å²) in [5, 5.41) is 6.18. The Hall–Kier alpha value is -2.56. The Kier molecular flexibility index (Phi) is 4.46. The lowest BCUT2D eigenvalue weighted by molar-refractivity contribution is -0.119. The zero-order valence-corrected chi connectivity index (χ0v) is 13.1. The second-order valence-electron chi connectivity index (χ2n) is 5.73. The molecule has 1 aliphatic rings. The SMILES string of the molecule is Cc1ccc(CNC(=O)CN2CCNc3ccccc32)cc1F. The van der Waals surface area contributed by atoms with Crippen molar-refractivity contribution in [2.75, 3.05) is 29.9 Å². The van der Waals surface area contributed by atoms with E-state index in [-0.39, 0.29) is 11.7 Å². The summed E-state index contributed by atoms with van der Waals surface area (Å²) in [6.45, 7) is 3.95. The fraction of sp³-hybridized carbons (Fsp3) is 0.278. The lowest BCUT2D eigenvalue weighted by Crippen LogP contribution is -2.41. The zero-order valence-electron chi connectivity index (χ0n) is 13.1. The van der Waals surface area contributed by atoms with Gasteiger partial charge in [0.25, 0.3) is 0 Å². The molecule has 0 spiro atoms. The fourth-order valence-corrected chi connectivity index (χ4v) is 2.69. The second-order valence-corrected chi connectivity index (χ2v) is 5.73. The van der Waals surface area contributed by atoms with Crippen molar-refractivity contribution >= 4 is 17.3 Å². The Bertz CT molecular complexity index is 717. The van der Waals surface area contributed by atoms with Crippen LogP contribution in [0.2, 0.25) is 0 Å². The molecule has 1 amide bonds. The monoisotopic (exact) mass is 313 g/mol. The first-order chi connectivity index (χ1) is 11.1. The molecule has 1 heterocycles. The van der Waals surface area contributed by atoms with Crippen LogP contribution in [0.15, 0.2) is 42.5 Å². The van der Waals surface area contributed by atoms with Gasteiger partial charge in [0, 0.05) is 19.6 Å². The van der Waals surface area contributed by atoms with Gasteiger partial charge in [0.15, 0.2) is 0 Å². The Labute approximate surface area is 135 Å². The maximum atomic E-state index is 13.5. The van der Waals surface area contributed by atoms with E-state index in [0.29, 0.717) is 18.7 Å². The van der Waals surface area contributed by atoms with E-state index in [0.717, 1.165) is 30.0 Å². The number of carbonyl (C=O) groups is 1. The number of fused-ring (bicyclic) bond motifs is 1. The predicted molar refractivity (Wildman–Crippen MR) is 90.1 cm³/mol. The third kappa shape index (κ3) is 3.62. The Morgan fingerprint density at radius 1 is 1.30 bits per heavy atom. The van der Waals surface area contributed by atoms with Crippen LogP contribution in [0.5, 0.6) is 0 Å². The molecule has 2 aromatic rings. The first-order valence-electron chi connectivity index (χ1n) is 7.73. The number of carbonyl (C=O) groups excluding carboxylic acids is 1. The quantitative estimate of drug-likeness (QED) is 0.912. The van der Waals surface area contributed by atoms with Crippen molar-refractivity contribution in [2.45, 2.75) is 13.5 Å². The molecule has 4 nitrogen and oxygen atoms in total. The van der Waals surface area contributed by atoms with E-state index in [9.17, 15) is 9.18 Å². The highest BCUT2D eigenvalue weighted by molar-refractivity contribution is 5.84. The molecule has 23 heavy (non-hydrogen) atoms. The van der Waals surface area contributed by atoms with Gasteiger partial charge in [0.05, 0.1) is 17.9 Å². The number of amides is 1. The summed E-state index contributed by atoms with van der Waals surface area (Å²) in [6, 6.07) is 13.0. The van der Waals surface area contributed by atoms with Gasteiger partial charge < -0.3 is 15.5 Å². The van der Waals surface area contributed by atoms with Crippen molar-refractivity contribution in [1.82, 2.24) is 5.32 Å². The van der Waals surface area contributed by atoms with E-state index in [4.69, 9.17) is 0 Å². The number of nitrogens with zero attached hydrogens (tertiary/aromatic N) is 1. The summed E-state index contributed by atoms with van der Waals surface area (Å²) in [5.41, 5.74) is 3.46. The standard InChI is InChI=1S/C18H20FN3O/c1-13-6-7-14(10-15(13)19)11-21-18(23)12-22-9-8-20-16-4-2-3-5-17(16)22/h2-7,10,20H,8-9,11-12H2,1H3,(H,21,23). The van der Waals surface area contributed by atoms with Crippen molar-refractivity contribution in [3.63, 3.8) is 0 Å². The van der Waals surface area contributed by atoms with Crippen LogP contribution < -0.4 is 15.5 Å². The molecule has 0 atom stereocenters. The lowest BCUT2D eigenvalue weighted by atomic mass is 10.1. The van der Waals surface area contributed by atoms with Gasteiger partial charge in [0.2, 0.25) is 5.91 Å². The first-order valence-corrected chi connectivity index (χ1v) is 7.73. The molecule has 0 fully saturated rings. The third-order valence-corrected chi connectivity index (χ3v) is 4.00. The van der Waals surface area contributed by atoms with Crippen molar-refractivity contribution in [3.8, 4) is 0 Å². The number of benzene rings is 2. The average molecular weight is 313 g/mol. The average Bonchev–Trinajstić information content (AvgIpc) is 2.56. The first kappa shape index (κ1) is 15.3. The number of aryl methyl sites for hydroxylation is 1. The van der Waals surface area contributed by atoms with E-state index in [1.165, 1.54) is 6.07 Å². The number of nitrogens with one attached hydrogen (secondary N) is 2. The molecule has 0 saturated carbocycles. The van der Waals surface area contributed by atoms with E-state index < -0.39 is 0 Å². The molecule has 0 saturated heterocycles. The number of rotatable bonds is 4. The van der Waals surface area contributed by atoms with Gasteiger partial charge in [-0.25, -0.2) is 4.39 Å². The molecule has 120 valence electrons. The summed E-state index contributed by atoms with van der Waals surface area (Å²) < 4.78 is 13.5. The minimum atomic E-state index is -0.243. The Balaban J connectivity index is 1.59. The molecule has 0 unspecified atom stereocenters. The molecule has 0 bridgehead atoms. The van der Waals surface area contributed by atoms with Crippen LogP contribution in [0, 0.1) is 12.7 Å². The Morgan fingerprint density at radius 3 is 2.96 bits per heavy atom. The van der Waals surface area contributed by atoms with Crippen LogP contribution >= 0.6 is 0 Å². The molecule has 0 aliphatic carbocycles. The maximum Gasteiger partial charge on any atom is 0.239 e. The second kappa shape index (κ2) is 6.69. The summed E-state index contributed by atoms with van der Waals surface area (Å²) in [6.07, 6.45) is 0. The van der Waals surface area contributed by atoms with Gasteiger partial charge in [-0.15, -0.1) is 0 Å². The van der Waals surface area contributed by atoms with Crippen LogP contribution in [0.25, 0.3) is 0 Å². The van der Waals surface area contributed by atoms with Crippen LogP contribution in [-0.4, -0.2) is 25.5 Å². The molecule has 0 aromatic heterocycles. The smallest absolute Gasteiger partial charge is 0.239 e. The van der Waals surface area contributed by atoms with Crippen molar-refractivity contribution in [3.05, 3.63) is 59.4 Å². The minimum absolute atomic E-state index is 0.0670. The molecular weight excluding hydrogens is 293 g/mol. The molecule has 0 radical (unpaired) electrons. The zero-order chi connectivity index (χ0) is 16.2. The van der Waals surface area contributed by atoms with E-state index in [1.54, 1.807) is 13.0 Å². The number of hydrogen-bond acceptors (Lipinski definition) is 3. The molecule has 1 aliphatic heterocycles. The van der Waals surface area contributed by atoms with Crippen LogP contribution in [0.4, 0.5) is 15.8 Å². The van der Waals surface area contributed by atoms with E-state index >= 15 is 0 Å². The van der Waals surface area contributed by atoms with E-state index in [1.807, 2.05) is 30.3 Å². The molecule has 3 rings (SSSR count). The van der Waals surface area contributed by atoms with Crippen molar-refractivity contribution in [1.29, 1.82) is 0 Å². The topological polar surface area (TPSA) is 44.4 Å². The number of para-hydroxylation sites is 2. The van der Waals surface area contributed by atoms with Gasteiger partial charge >= 0.3 is 0 Å². The third-order valence-electron chi connectivity index (χ3n) is 4.00. The molecule has 2 N–H and O–H groups in total. The maximum absolute atomic E-state index is 13.5. The van der Waals surface area contributed by atoms with Crippen LogP contribution in [-0.2, 0) is 11.3 Å². The van der Waals surface area contributed by atoms with Crippen LogP contribution in [0.3, 0.4) is 0 Å². The summed E-state index contributed by atoms with van der Waals surface area (Å²) >= 11 is 0. The minimum Gasteiger partial charge on any atom is -0.382 e. The molecule has 2 aromatic carbocycles. The molecular formula is C18H20FN3O.